The van der Waals surface area contributed by atoms with Gasteiger partial charge < -0.3 is 20.5 Å². The molecule has 3 N–H and O–H groups in total. The van der Waals surface area contributed by atoms with Crippen molar-refractivity contribution in [3.05, 3.63) is 72.2 Å². The number of aromatic amines is 1. The Labute approximate surface area is 191 Å². The van der Waals surface area contributed by atoms with E-state index in [2.05, 4.69) is 25.6 Å². The fourth-order valence-corrected chi connectivity index (χ4v) is 3.38. The van der Waals surface area contributed by atoms with Crippen molar-refractivity contribution in [3.63, 3.8) is 0 Å². The molecule has 0 atom stereocenters. The maximum atomic E-state index is 12.9. The SMILES string of the molecule is Cc1ccc(C(=O)Nc2cccc(N(C)C)c2)cc1NC(=O)N(C)c1ncnc2[nH]ccc12. The fraction of sp³-hybridized carbons (Fsp3) is 0.167. The van der Waals surface area contributed by atoms with Gasteiger partial charge in [0.2, 0.25) is 0 Å². The Balaban J connectivity index is 1.52. The minimum atomic E-state index is -0.379. The highest BCUT2D eigenvalue weighted by molar-refractivity contribution is 6.08. The first-order valence-corrected chi connectivity index (χ1v) is 10.4. The summed E-state index contributed by atoms with van der Waals surface area (Å²) in [4.78, 5) is 40.6. The minimum absolute atomic E-state index is 0.264. The van der Waals surface area contributed by atoms with Crippen molar-refractivity contribution in [3.8, 4) is 0 Å². The second-order valence-corrected chi connectivity index (χ2v) is 7.85. The molecular weight excluding hydrogens is 418 g/mol. The van der Waals surface area contributed by atoms with E-state index in [0.29, 0.717) is 28.4 Å². The van der Waals surface area contributed by atoms with Crippen LogP contribution in [0, 0.1) is 6.92 Å². The number of aromatic nitrogens is 3. The molecule has 0 aliphatic rings. The fourth-order valence-electron chi connectivity index (χ4n) is 3.38. The van der Waals surface area contributed by atoms with Gasteiger partial charge in [0.05, 0.1) is 5.39 Å². The second-order valence-electron chi connectivity index (χ2n) is 7.85. The van der Waals surface area contributed by atoms with Crippen LogP contribution in [0.15, 0.2) is 61.1 Å². The molecule has 0 saturated heterocycles. The molecule has 3 amide bonds. The van der Waals surface area contributed by atoms with E-state index < -0.39 is 0 Å². The van der Waals surface area contributed by atoms with E-state index in [1.54, 1.807) is 31.4 Å². The highest BCUT2D eigenvalue weighted by Crippen LogP contribution is 2.24. The predicted octanol–water partition coefficient (Wildman–Crippen LogP) is 4.25. The summed E-state index contributed by atoms with van der Waals surface area (Å²) in [5.41, 5.74) is 4.13. The predicted molar refractivity (Wildman–Crippen MR) is 131 cm³/mol. The molecule has 9 heteroatoms. The van der Waals surface area contributed by atoms with Gasteiger partial charge in [-0.15, -0.1) is 0 Å². The molecule has 33 heavy (non-hydrogen) atoms. The van der Waals surface area contributed by atoms with E-state index in [0.717, 1.165) is 16.6 Å². The van der Waals surface area contributed by atoms with Crippen LogP contribution in [0.25, 0.3) is 11.0 Å². The van der Waals surface area contributed by atoms with Crippen molar-refractivity contribution in [1.29, 1.82) is 0 Å². The minimum Gasteiger partial charge on any atom is -0.378 e. The quantitative estimate of drug-likeness (QED) is 0.427. The zero-order valence-electron chi connectivity index (χ0n) is 18.9. The summed E-state index contributed by atoms with van der Waals surface area (Å²) >= 11 is 0. The lowest BCUT2D eigenvalue weighted by Gasteiger charge is -2.19. The van der Waals surface area contributed by atoms with Gasteiger partial charge in [-0.2, -0.15) is 0 Å². The van der Waals surface area contributed by atoms with Crippen LogP contribution in [-0.4, -0.2) is 48.0 Å². The second kappa shape index (κ2) is 8.99. The van der Waals surface area contributed by atoms with Gasteiger partial charge in [-0.1, -0.05) is 12.1 Å². The molecule has 0 aliphatic heterocycles. The number of rotatable bonds is 5. The molecule has 0 aliphatic carbocycles. The van der Waals surface area contributed by atoms with Crippen molar-refractivity contribution in [2.75, 3.05) is 41.6 Å². The van der Waals surface area contributed by atoms with Crippen LogP contribution in [0.4, 0.5) is 27.7 Å². The molecule has 168 valence electrons. The first kappa shape index (κ1) is 21.8. The summed E-state index contributed by atoms with van der Waals surface area (Å²) in [5, 5.41) is 6.52. The maximum absolute atomic E-state index is 12.9. The Hall–Kier alpha value is -4.40. The molecule has 4 rings (SSSR count). The maximum Gasteiger partial charge on any atom is 0.327 e. The lowest BCUT2D eigenvalue weighted by molar-refractivity contribution is 0.102. The highest BCUT2D eigenvalue weighted by Gasteiger charge is 2.18. The topological polar surface area (TPSA) is 106 Å². The number of hydrogen-bond donors (Lipinski definition) is 3. The van der Waals surface area contributed by atoms with Gasteiger partial charge in [-0.3, -0.25) is 9.69 Å². The Morgan fingerprint density at radius 2 is 1.79 bits per heavy atom. The number of amides is 3. The van der Waals surface area contributed by atoms with Crippen LogP contribution in [0.2, 0.25) is 0 Å². The molecule has 0 unspecified atom stereocenters. The van der Waals surface area contributed by atoms with Crippen molar-refractivity contribution in [2.45, 2.75) is 6.92 Å². The summed E-state index contributed by atoms with van der Waals surface area (Å²) in [6.45, 7) is 1.87. The zero-order chi connectivity index (χ0) is 23.5. The average Bonchev–Trinajstić information content (AvgIpc) is 3.29. The van der Waals surface area contributed by atoms with E-state index in [4.69, 9.17) is 0 Å². The molecule has 0 spiro atoms. The Bertz CT molecular complexity index is 1330. The number of carbonyl (C=O) groups is 2. The third kappa shape index (κ3) is 4.62. The van der Waals surface area contributed by atoms with E-state index in [9.17, 15) is 9.59 Å². The van der Waals surface area contributed by atoms with E-state index in [-0.39, 0.29) is 11.9 Å². The normalized spacial score (nSPS) is 10.7. The number of benzene rings is 2. The van der Waals surface area contributed by atoms with E-state index in [1.165, 1.54) is 11.2 Å². The van der Waals surface area contributed by atoms with Crippen LogP contribution in [0.3, 0.4) is 0 Å². The van der Waals surface area contributed by atoms with Gasteiger partial charge in [0.1, 0.15) is 17.8 Å². The van der Waals surface area contributed by atoms with Crippen LogP contribution < -0.4 is 20.4 Å². The van der Waals surface area contributed by atoms with Gasteiger partial charge in [0.15, 0.2) is 0 Å². The summed E-state index contributed by atoms with van der Waals surface area (Å²) in [6, 6.07) is 14.2. The smallest absolute Gasteiger partial charge is 0.327 e. The third-order valence-electron chi connectivity index (χ3n) is 5.32. The molecule has 0 radical (unpaired) electrons. The lowest BCUT2D eigenvalue weighted by Crippen LogP contribution is -2.32. The molecule has 0 fully saturated rings. The number of carbonyl (C=O) groups excluding carboxylic acids is 2. The monoisotopic (exact) mass is 443 g/mol. The Morgan fingerprint density at radius 1 is 0.970 bits per heavy atom. The van der Waals surface area contributed by atoms with Gasteiger partial charge in [-0.05, 0) is 48.9 Å². The van der Waals surface area contributed by atoms with Crippen molar-refractivity contribution in [2.24, 2.45) is 0 Å². The number of nitrogens with one attached hydrogen (secondary N) is 3. The number of urea groups is 1. The molecule has 2 aromatic heterocycles. The highest BCUT2D eigenvalue weighted by atomic mass is 16.2. The Kier molecular flexibility index (Phi) is 5.95. The van der Waals surface area contributed by atoms with Crippen LogP contribution in [0.1, 0.15) is 15.9 Å². The van der Waals surface area contributed by atoms with E-state index in [1.807, 2.05) is 56.3 Å². The molecule has 2 heterocycles. The first-order chi connectivity index (χ1) is 15.8. The standard InChI is InChI=1S/C24H25N7O2/c1-15-8-9-16(23(32)28-17-6-5-7-18(13-17)30(2)3)12-20(15)29-24(33)31(4)22-19-10-11-25-21(19)26-14-27-22/h5-14H,1-4H3,(H,28,32)(H,29,33)(H,25,26,27). The van der Waals surface area contributed by atoms with Crippen LogP contribution in [-0.2, 0) is 0 Å². The lowest BCUT2D eigenvalue weighted by atomic mass is 10.1. The molecular formula is C24H25N7O2. The van der Waals surface area contributed by atoms with E-state index >= 15 is 0 Å². The molecule has 0 saturated carbocycles. The van der Waals surface area contributed by atoms with Crippen molar-refractivity contribution >= 4 is 45.9 Å². The van der Waals surface area contributed by atoms with Gasteiger partial charge in [0, 0.05) is 50.0 Å². The summed E-state index contributed by atoms with van der Waals surface area (Å²) in [6.07, 6.45) is 3.15. The number of anilines is 4. The summed E-state index contributed by atoms with van der Waals surface area (Å²) in [5.74, 6) is 0.214. The Morgan fingerprint density at radius 3 is 2.58 bits per heavy atom. The number of aryl methyl sites for hydroxylation is 1. The molecule has 2 aromatic carbocycles. The third-order valence-corrected chi connectivity index (χ3v) is 5.32. The van der Waals surface area contributed by atoms with Gasteiger partial charge >= 0.3 is 6.03 Å². The first-order valence-electron chi connectivity index (χ1n) is 10.4. The number of nitrogens with zero attached hydrogens (tertiary/aromatic N) is 4. The number of H-pyrrole nitrogens is 1. The molecule has 0 bridgehead atoms. The van der Waals surface area contributed by atoms with Gasteiger partial charge in [-0.25, -0.2) is 14.8 Å². The number of hydrogen-bond acceptors (Lipinski definition) is 5. The van der Waals surface area contributed by atoms with Gasteiger partial charge in [0.25, 0.3) is 5.91 Å². The molecule has 4 aromatic rings. The zero-order valence-corrected chi connectivity index (χ0v) is 18.9. The number of fused-ring (bicyclic) bond motifs is 1. The van der Waals surface area contributed by atoms with Crippen molar-refractivity contribution in [1.82, 2.24) is 15.0 Å². The van der Waals surface area contributed by atoms with Crippen molar-refractivity contribution < 1.29 is 9.59 Å². The molecule has 9 nitrogen and oxygen atoms in total. The van der Waals surface area contributed by atoms with Crippen LogP contribution >= 0.6 is 0 Å². The largest absolute Gasteiger partial charge is 0.378 e. The summed E-state index contributed by atoms with van der Waals surface area (Å²) < 4.78 is 0. The summed E-state index contributed by atoms with van der Waals surface area (Å²) in [7, 11) is 5.51. The average molecular weight is 444 g/mol. The van der Waals surface area contributed by atoms with Crippen LogP contribution in [0.5, 0.6) is 0 Å².